The number of benzene rings is 1. The minimum Gasteiger partial charge on any atom is -0.336 e. The van der Waals surface area contributed by atoms with E-state index in [1.807, 2.05) is 0 Å². The number of nitrogens with zero attached hydrogens (tertiary/aromatic N) is 1. The molecule has 0 saturated carbocycles. The predicted molar refractivity (Wildman–Crippen MR) is 76.3 cm³/mol. The Morgan fingerprint density at radius 2 is 2.00 bits per heavy atom. The number of halogens is 5. The van der Waals surface area contributed by atoms with Crippen molar-refractivity contribution in [1.82, 2.24) is 4.90 Å². The van der Waals surface area contributed by atoms with E-state index in [1.165, 1.54) is 4.90 Å². The van der Waals surface area contributed by atoms with Crippen LogP contribution in [0.2, 0.25) is 0 Å². The zero-order valence-corrected chi connectivity index (χ0v) is 12.7. The fourth-order valence-electron chi connectivity index (χ4n) is 2.64. The van der Waals surface area contributed by atoms with Crippen LogP contribution in [-0.4, -0.2) is 29.9 Å². The maximum absolute atomic E-state index is 13.4. The van der Waals surface area contributed by atoms with Crippen molar-refractivity contribution in [3.8, 4) is 0 Å². The highest BCUT2D eigenvalue weighted by atomic mass is 35.5. The molecule has 2 unspecified atom stereocenters. The Morgan fingerprint density at radius 1 is 1.36 bits per heavy atom. The van der Waals surface area contributed by atoms with E-state index in [2.05, 4.69) is 0 Å². The van der Waals surface area contributed by atoms with Crippen LogP contribution in [0.15, 0.2) is 18.2 Å². The van der Waals surface area contributed by atoms with Crippen molar-refractivity contribution in [3.63, 3.8) is 0 Å². The molecule has 1 saturated heterocycles. The van der Waals surface area contributed by atoms with Crippen LogP contribution < -0.4 is 5.73 Å². The van der Waals surface area contributed by atoms with Crippen molar-refractivity contribution in [1.29, 1.82) is 0 Å². The molecule has 0 aliphatic carbocycles. The van der Waals surface area contributed by atoms with Gasteiger partial charge in [0, 0.05) is 18.2 Å². The average molecular weight is 341 g/mol. The zero-order chi connectivity index (χ0) is 15.8. The van der Waals surface area contributed by atoms with Gasteiger partial charge in [-0.15, -0.1) is 12.4 Å². The fraction of sp³-hybridized carbons (Fsp3) is 0.500. The first-order valence-corrected chi connectivity index (χ1v) is 6.61. The van der Waals surface area contributed by atoms with Crippen LogP contribution in [0, 0.1) is 11.7 Å². The average Bonchev–Trinajstić information content (AvgIpc) is 2.77. The summed E-state index contributed by atoms with van der Waals surface area (Å²) in [5, 5.41) is 0. The third-order valence-corrected chi connectivity index (χ3v) is 3.73. The van der Waals surface area contributed by atoms with Crippen LogP contribution >= 0.6 is 12.4 Å². The number of nitrogens with two attached hydrogens (primary N) is 1. The van der Waals surface area contributed by atoms with E-state index in [4.69, 9.17) is 5.73 Å². The summed E-state index contributed by atoms with van der Waals surface area (Å²) < 4.78 is 51.4. The molecule has 1 aromatic carbocycles. The van der Waals surface area contributed by atoms with Crippen LogP contribution in [0.25, 0.3) is 0 Å². The van der Waals surface area contributed by atoms with Gasteiger partial charge in [-0.05, 0) is 44.0 Å². The van der Waals surface area contributed by atoms with Crippen molar-refractivity contribution >= 4 is 18.3 Å². The molecule has 1 fully saturated rings. The number of rotatable bonds is 2. The van der Waals surface area contributed by atoms with E-state index in [0.29, 0.717) is 31.6 Å². The molecule has 1 aliphatic heterocycles. The van der Waals surface area contributed by atoms with Gasteiger partial charge in [0.25, 0.3) is 5.91 Å². The number of carbonyl (C=O) groups is 1. The van der Waals surface area contributed by atoms with E-state index in [1.54, 1.807) is 6.92 Å². The quantitative estimate of drug-likeness (QED) is 0.841. The first kappa shape index (κ1) is 18.7. The standard InChI is InChI=1S/C14H16F4N2O.ClH/c1-8-2-9(6-19)7-20(8)13(21)10-3-11(14(16,17)18)5-12(15)4-10;/h3-5,8-9H,2,6-7,19H2,1H3;1H. The van der Waals surface area contributed by atoms with Crippen LogP contribution in [-0.2, 0) is 6.18 Å². The molecule has 0 aromatic heterocycles. The minimum absolute atomic E-state index is 0. The van der Waals surface area contributed by atoms with Gasteiger partial charge >= 0.3 is 6.18 Å². The minimum atomic E-state index is -4.69. The van der Waals surface area contributed by atoms with E-state index >= 15 is 0 Å². The topological polar surface area (TPSA) is 46.3 Å². The first-order chi connectivity index (χ1) is 9.72. The lowest BCUT2D eigenvalue weighted by molar-refractivity contribution is -0.137. The van der Waals surface area contributed by atoms with E-state index in [9.17, 15) is 22.4 Å². The summed E-state index contributed by atoms with van der Waals surface area (Å²) in [6.45, 7) is 2.59. The Morgan fingerprint density at radius 3 is 2.50 bits per heavy atom. The number of amides is 1. The molecule has 3 nitrogen and oxygen atoms in total. The summed E-state index contributed by atoms with van der Waals surface area (Å²) in [6, 6.07) is 1.78. The van der Waals surface area contributed by atoms with E-state index < -0.39 is 23.5 Å². The van der Waals surface area contributed by atoms with Crippen molar-refractivity contribution < 1.29 is 22.4 Å². The molecular weight excluding hydrogens is 324 g/mol. The van der Waals surface area contributed by atoms with Gasteiger partial charge in [-0.25, -0.2) is 4.39 Å². The second-order valence-electron chi connectivity index (χ2n) is 5.37. The molecule has 22 heavy (non-hydrogen) atoms. The summed E-state index contributed by atoms with van der Waals surface area (Å²) in [5.41, 5.74) is 4.11. The van der Waals surface area contributed by atoms with Gasteiger partial charge in [0.1, 0.15) is 5.82 Å². The number of hydrogen-bond donors (Lipinski definition) is 1. The molecule has 124 valence electrons. The van der Waals surface area contributed by atoms with Crippen LogP contribution in [0.4, 0.5) is 17.6 Å². The van der Waals surface area contributed by atoms with Crippen LogP contribution in [0.3, 0.4) is 0 Å². The van der Waals surface area contributed by atoms with Gasteiger partial charge in [-0.1, -0.05) is 0 Å². The van der Waals surface area contributed by atoms with Gasteiger partial charge < -0.3 is 10.6 Å². The summed E-state index contributed by atoms with van der Waals surface area (Å²) in [5.74, 6) is -1.54. The van der Waals surface area contributed by atoms with Gasteiger partial charge in [-0.3, -0.25) is 4.79 Å². The Hall–Kier alpha value is -1.34. The third kappa shape index (κ3) is 3.89. The normalized spacial score (nSPS) is 21.6. The lowest BCUT2D eigenvalue weighted by atomic mass is 10.1. The molecule has 1 aliphatic rings. The summed E-state index contributed by atoms with van der Waals surface area (Å²) in [4.78, 5) is 13.8. The molecule has 0 radical (unpaired) electrons. The molecule has 0 bridgehead atoms. The highest BCUT2D eigenvalue weighted by Crippen LogP contribution is 2.31. The zero-order valence-electron chi connectivity index (χ0n) is 11.9. The van der Waals surface area contributed by atoms with Gasteiger partial charge in [-0.2, -0.15) is 13.2 Å². The maximum Gasteiger partial charge on any atom is 0.416 e. The Bertz CT molecular complexity index is 550. The number of hydrogen-bond acceptors (Lipinski definition) is 2. The molecule has 1 heterocycles. The first-order valence-electron chi connectivity index (χ1n) is 6.61. The number of carbonyl (C=O) groups excluding carboxylic acids is 1. The SMILES string of the molecule is CC1CC(CN)CN1C(=O)c1cc(F)cc(C(F)(F)F)c1.Cl. The maximum atomic E-state index is 13.4. The summed E-state index contributed by atoms with van der Waals surface area (Å²) >= 11 is 0. The highest BCUT2D eigenvalue weighted by molar-refractivity contribution is 5.94. The molecule has 2 atom stereocenters. The lowest BCUT2D eigenvalue weighted by Crippen LogP contribution is -2.34. The Balaban J connectivity index is 0.00000242. The van der Waals surface area contributed by atoms with Crippen molar-refractivity contribution in [2.24, 2.45) is 11.7 Å². The largest absolute Gasteiger partial charge is 0.416 e. The lowest BCUT2D eigenvalue weighted by Gasteiger charge is -2.22. The van der Waals surface area contributed by atoms with Crippen molar-refractivity contribution in [2.75, 3.05) is 13.1 Å². The molecule has 1 amide bonds. The highest BCUT2D eigenvalue weighted by Gasteiger charge is 2.35. The third-order valence-electron chi connectivity index (χ3n) is 3.73. The number of alkyl halides is 3. The Kier molecular flexibility index (Phi) is 5.81. The van der Waals surface area contributed by atoms with Crippen molar-refractivity contribution in [3.05, 3.63) is 35.1 Å². The van der Waals surface area contributed by atoms with E-state index in [0.717, 1.165) is 6.07 Å². The smallest absolute Gasteiger partial charge is 0.336 e. The monoisotopic (exact) mass is 340 g/mol. The summed E-state index contributed by atoms with van der Waals surface area (Å²) in [6.07, 6.45) is -3.99. The molecule has 0 spiro atoms. The molecular formula is C14H17ClF4N2O. The van der Waals surface area contributed by atoms with Gasteiger partial charge in [0.15, 0.2) is 0 Å². The fourth-order valence-corrected chi connectivity index (χ4v) is 2.64. The second kappa shape index (κ2) is 6.83. The molecule has 1 aromatic rings. The van der Waals surface area contributed by atoms with E-state index in [-0.39, 0.29) is 29.9 Å². The van der Waals surface area contributed by atoms with Gasteiger partial charge in [0.05, 0.1) is 5.56 Å². The predicted octanol–water partition coefficient (Wildman–Crippen LogP) is 3.08. The van der Waals surface area contributed by atoms with Gasteiger partial charge in [0.2, 0.25) is 0 Å². The second-order valence-corrected chi connectivity index (χ2v) is 5.37. The molecule has 8 heteroatoms. The summed E-state index contributed by atoms with van der Waals surface area (Å²) in [7, 11) is 0. The van der Waals surface area contributed by atoms with Crippen molar-refractivity contribution in [2.45, 2.75) is 25.6 Å². The number of likely N-dealkylation sites (tertiary alicyclic amines) is 1. The van der Waals surface area contributed by atoms with Crippen LogP contribution in [0.5, 0.6) is 0 Å². The molecule has 2 rings (SSSR count). The molecule has 2 N–H and O–H groups in total. The Labute approximate surface area is 131 Å². The van der Waals surface area contributed by atoms with Crippen LogP contribution in [0.1, 0.15) is 29.3 Å².